The van der Waals surface area contributed by atoms with Crippen LogP contribution >= 0.6 is 23.2 Å². The quantitative estimate of drug-likeness (QED) is 0.0918. The number of nitrogens with one attached hydrogen (secondary N) is 2. The molecule has 2 spiro atoms. The van der Waals surface area contributed by atoms with Crippen molar-refractivity contribution >= 4 is 60.9 Å². The largest absolute Gasteiger partial charge is 0.477 e. The number of sulfonamides is 2. The molecule has 8 aliphatic rings. The van der Waals surface area contributed by atoms with Crippen LogP contribution in [0.5, 0.6) is 11.5 Å². The molecule has 416 valence electrons. The fourth-order valence-corrected chi connectivity index (χ4v) is 14.5. The van der Waals surface area contributed by atoms with Crippen molar-refractivity contribution in [3.8, 4) is 11.5 Å². The van der Waals surface area contributed by atoms with Crippen LogP contribution in [0.1, 0.15) is 172 Å². The van der Waals surface area contributed by atoms with Crippen molar-refractivity contribution in [2.24, 2.45) is 10.8 Å². The zero-order valence-corrected chi connectivity index (χ0v) is 46.9. The van der Waals surface area contributed by atoms with Gasteiger partial charge in [-0.3, -0.25) is 9.59 Å². The average molecular weight is 1140 g/mol. The van der Waals surface area contributed by atoms with Crippen molar-refractivity contribution < 1.29 is 50.5 Å². The number of rotatable bonds is 13. The Balaban J connectivity index is 0.000000155. The molecule has 4 aromatic rings. The summed E-state index contributed by atoms with van der Waals surface area (Å²) in [5, 5.41) is 19.8. The van der Waals surface area contributed by atoms with Gasteiger partial charge in [0.15, 0.2) is 21.3 Å². The molecule has 3 heterocycles. The summed E-state index contributed by atoms with van der Waals surface area (Å²) in [6.45, 7) is 4.87. The highest BCUT2D eigenvalue weighted by Gasteiger charge is 2.57. The summed E-state index contributed by atoms with van der Waals surface area (Å²) in [7, 11) is -8.52. The molecule has 2 aromatic carbocycles. The molecule has 2 aromatic heterocycles. The molecule has 12 rings (SSSR count). The van der Waals surface area contributed by atoms with Crippen molar-refractivity contribution in [3.05, 3.63) is 99.9 Å². The highest BCUT2D eigenvalue weighted by atomic mass is 35.5. The lowest BCUT2D eigenvalue weighted by Gasteiger charge is -2.54. The van der Waals surface area contributed by atoms with E-state index < -0.39 is 59.6 Å². The fourth-order valence-electron chi connectivity index (χ4n) is 12.2. The second-order valence-electron chi connectivity index (χ2n) is 24.0. The van der Waals surface area contributed by atoms with Crippen LogP contribution in [0.3, 0.4) is 0 Å². The number of nitrogens with zero attached hydrogens (tertiary/aromatic N) is 3. The van der Waals surface area contributed by atoms with Crippen LogP contribution in [0, 0.1) is 16.8 Å². The second-order valence-corrected chi connectivity index (χ2v) is 28.1. The molecule has 0 bridgehead atoms. The molecule has 1 aliphatic heterocycles. The van der Waals surface area contributed by atoms with Gasteiger partial charge >= 0.3 is 0 Å². The second kappa shape index (κ2) is 21.1. The fraction of sp³-hybridized carbons (Fsp3) is 0.579. The van der Waals surface area contributed by atoms with Crippen molar-refractivity contribution in [2.75, 3.05) is 18.0 Å². The van der Waals surface area contributed by atoms with Gasteiger partial charge in [-0.15, -0.1) is 0 Å². The van der Waals surface area contributed by atoms with E-state index in [-0.39, 0.29) is 10.6 Å². The Morgan fingerprint density at radius 2 is 1.01 bits per heavy atom. The van der Waals surface area contributed by atoms with E-state index in [1.165, 1.54) is 69.9 Å². The first kappa shape index (κ1) is 55.7. The number of piperidine rings is 1. The van der Waals surface area contributed by atoms with E-state index in [0.717, 1.165) is 61.8 Å². The zero-order valence-electron chi connectivity index (χ0n) is 43.8. The first-order valence-electron chi connectivity index (χ1n) is 27.3. The number of pyridine rings is 2. The van der Waals surface area contributed by atoms with Crippen molar-refractivity contribution in [2.45, 2.75) is 193 Å². The Bertz CT molecular complexity index is 3090. The SMILES string of the molecule is CC1(O)CCCCC1.CC1(O)CCN(c2cccc(S(=O)(=O)NC(=O)C3(Oc4cc(Cl)ccc4C4CC5(CCC5)C4)CC3)n2)CC1.O=C(NS(=O)(=O)c1cccc(F)n1)C1(Oc2cc(Cl)ccc2C2CC3(CCC3)C2)CC1. The normalized spacial score (nSPS) is 23.6. The van der Waals surface area contributed by atoms with Crippen LogP contribution in [0.25, 0.3) is 0 Å². The van der Waals surface area contributed by atoms with Crippen LogP contribution in [-0.4, -0.2) is 84.3 Å². The lowest BCUT2D eigenvalue weighted by molar-refractivity contribution is -0.128. The van der Waals surface area contributed by atoms with Crippen LogP contribution < -0.4 is 23.8 Å². The monoisotopic (exact) mass is 1140 g/mol. The first-order valence-corrected chi connectivity index (χ1v) is 31.0. The van der Waals surface area contributed by atoms with Gasteiger partial charge in [0.1, 0.15) is 17.3 Å². The van der Waals surface area contributed by atoms with E-state index >= 15 is 0 Å². The molecule has 7 aliphatic carbocycles. The molecule has 0 radical (unpaired) electrons. The van der Waals surface area contributed by atoms with Crippen LogP contribution in [0.2, 0.25) is 10.0 Å². The van der Waals surface area contributed by atoms with Crippen molar-refractivity contribution in [1.29, 1.82) is 0 Å². The molecule has 15 nitrogen and oxygen atoms in total. The van der Waals surface area contributed by atoms with Gasteiger partial charge in [0.2, 0.25) is 5.95 Å². The van der Waals surface area contributed by atoms with Crippen LogP contribution in [0.4, 0.5) is 10.2 Å². The summed E-state index contributed by atoms with van der Waals surface area (Å²) < 4.78 is 81.2. The lowest BCUT2D eigenvalue weighted by atomic mass is 9.50. The third kappa shape index (κ3) is 12.6. The van der Waals surface area contributed by atoms with Gasteiger partial charge < -0.3 is 24.6 Å². The Kier molecular flexibility index (Phi) is 15.3. The summed E-state index contributed by atoms with van der Waals surface area (Å²) >= 11 is 12.5. The number of halogens is 3. The topological polar surface area (TPSA) is 214 Å². The third-order valence-electron chi connectivity index (χ3n) is 17.7. The molecule has 77 heavy (non-hydrogen) atoms. The molecule has 1 saturated heterocycles. The van der Waals surface area contributed by atoms with Gasteiger partial charge in [-0.05, 0) is 173 Å². The molecular formula is C57H70Cl2FN5O10S2. The van der Waals surface area contributed by atoms with Gasteiger partial charge in [0, 0.05) is 48.8 Å². The Morgan fingerprint density at radius 1 is 0.584 bits per heavy atom. The predicted octanol–water partition coefficient (Wildman–Crippen LogP) is 10.6. The molecule has 4 N–H and O–H groups in total. The number of benzene rings is 2. The van der Waals surface area contributed by atoms with Gasteiger partial charge in [-0.2, -0.15) is 21.2 Å². The minimum Gasteiger partial charge on any atom is -0.477 e. The molecular weight excluding hydrogens is 1070 g/mol. The minimum absolute atomic E-state index is 0.222. The summed E-state index contributed by atoms with van der Waals surface area (Å²) in [5.74, 6) is -0.0875. The molecule has 0 atom stereocenters. The van der Waals surface area contributed by atoms with Crippen LogP contribution in [-0.2, 0) is 29.6 Å². The van der Waals surface area contributed by atoms with E-state index in [9.17, 15) is 41.0 Å². The van der Waals surface area contributed by atoms with E-state index in [0.29, 0.717) is 102 Å². The van der Waals surface area contributed by atoms with E-state index in [1.807, 2.05) is 40.8 Å². The van der Waals surface area contributed by atoms with Gasteiger partial charge in [0.25, 0.3) is 31.9 Å². The van der Waals surface area contributed by atoms with E-state index in [2.05, 4.69) is 14.7 Å². The minimum atomic E-state index is -4.31. The maximum Gasteiger partial charge on any atom is 0.281 e. The number of carbonyl (C=O) groups is 2. The lowest BCUT2D eigenvalue weighted by Crippen LogP contribution is -2.44. The highest BCUT2D eigenvalue weighted by molar-refractivity contribution is 7.90. The predicted molar refractivity (Wildman–Crippen MR) is 289 cm³/mol. The number of ether oxygens (including phenoxy) is 2. The van der Waals surface area contributed by atoms with Gasteiger partial charge in [-0.1, -0.05) is 79.6 Å². The molecule has 8 fully saturated rings. The van der Waals surface area contributed by atoms with E-state index in [4.69, 9.17) is 32.7 Å². The van der Waals surface area contributed by atoms with Gasteiger partial charge in [-0.25, -0.2) is 19.4 Å². The average Bonchev–Trinajstić information content (AvgIpc) is 4.32. The smallest absolute Gasteiger partial charge is 0.281 e. The maximum atomic E-state index is 13.3. The summed E-state index contributed by atoms with van der Waals surface area (Å²) in [5.41, 5.74) is -0.553. The Labute approximate surface area is 461 Å². The summed E-state index contributed by atoms with van der Waals surface area (Å²) in [4.78, 5) is 35.7. The third-order valence-corrected chi connectivity index (χ3v) is 20.7. The number of hydrogen-bond donors (Lipinski definition) is 4. The first-order chi connectivity index (χ1) is 36.4. The number of anilines is 1. The van der Waals surface area contributed by atoms with Crippen molar-refractivity contribution in [1.82, 2.24) is 19.4 Å². The maximum absolute atomic E-state index is 13.3. The highest BCUT2D eigenvalue weighted by Crippen LogP contribution is 2.64. The number of aliphatic hydroxyl groups is 2. The van der Waals surface area contributed by atoms with E-state index in [1.54, 1.807) is 31.2 Å². The Hall–Kier alpha value is -4.59. The number of hydrogen-bond acceptors (Lipinski definition) is 13. The molecule has 2 amide bonds. The zero-order chi connectivity index (χ0) is 54.7. The number of amides is 2. The molecule has 0 unspecified atom stereocenters. The molecule has 20 heteroatoms. The van der Waals surface area contributed by atoms with Crippen LogP contribution in [0.15, 0.2) is 82.8 Å². The van der Waals surface area contributed by atoms with Gasteiger partial charge in [0.05, 0.1) is 11.2 Å². The standard InChI is InChI=1S/C28H34ClN3O5S.C22H22ClFN2O4S.C7H14O/c1-26(34)12-14-32(15-13-26)23-4-2-5-24(30-23)38(35,36)31-25(33)28(10-11-28)37-22-16-20(29)6-7-21(22)19-17-27(18-19)8-3-9-27;23-15-5-6-16(14-12-21(13-14)7-2-8-21)17(11-15)30-22(9-10-22)20(27)26-31(28,29)19-4-1-3-18(24)25-19;1-7(8)5-3-2-4-6-7/h2,4-7,16,19,34H,3,8-15,17-18H2,1H3,(H,31,33);1,3-6,11,14H,2,7-10,12-13H2,(H,26,27);8H,2-6H2,1H3. The molecule has 7 saturated carbocycles. The number of aromatic nitrogens is 2. The van der Waals surface area contributed by atoms with Crippen molar-refractivity contribution in [3.63, 3.8) is 0 Å². The summed E-state index contributed by atoms with van der Waals surface area (Å²) in [6, 6.07) is 19.1. The summed E-state index contributed by atoms with van der Waals surface area (Å²) in [6.07, 6.45) is 20.6. The number of carbonyl (C=O) groups excluding carboxylic acids is 2. The Morgan fingerprint density at radius 3 is 1.40 bits per heavy atom.